The highest BCUT2D eigenvalue weighted by Gasteiger charge is 2.37. The lowest BCUT2D eigenvalue weighted by Crippen LogP contribution is -2.45. The van der Waals surface area contributed by atoms with Gasteiger partial charge in [0, 0.05) is 39.0 Å². The molecule has 25 heavy (non-hydrogen) atoms. The summed E-state index contributed by atoms with van der Waals surface area (Å²) in [6.45, 7) is 4.14. The first-order chi connectivity index (χ1) is 12.2. The molecule has 132 valence electrons. The van der Waals surface area contributed by atoms with Crippen molar-refractivity contribution in [3.8, 4) is 0 Å². The molecule has 4 heterocycles. The molecule has 0 bridgehead atoms. The fraction of sp³-hybridized carbons (Fsp3) is 0.588. The summed E-state index contributed by atoms with van der Waals surface area (Å²) < 4.78 is 5.10. The van der Waals surface area contributed by atoms with Crippen LogP contribution in [-0.2, 0) is 4.79 Å². The van der Waals surface area contributed by atoms with E-state index in [0.29, 0.717) is 18.3 Å². The van der Waals surface area contributed by atoms with E-state index in [1.807, 2.05) is 4.90 Å². The maximum atomic E-state index is 13.1. The van der Waals surface area contributed by atoms with Crippen molar-refractivity contribution < 1.29 is 9.32 Å². The zero-order chi connectivity index (χ0) is 17.2. The number of amides is 1. The predicted octanol–water partition coefficient (Wildman–Crippen LogP) is 1.75. The lowest BCUT2D eigenvalue weighted by Gasteiger charge is -2.35. The number of carbonyl (C=O) groups excluding carboxylic acids is 1. The van der Waals surface area contributed by atoms with Crippen molar-refractivity contribution in [1.29, 1.82) is 0 Å². The molecular formula is C17H22N6O2. The number of likely N-dealkylation sites (tertiary alicyclic amines) is 1. The van der Waals surface area contributed by atoms with Gasteiger partial charge in [-0.05, 0) is 25.7 Å². The maximum Gasteiger partial charge on any atom is 0.228 e. The van der Waals surface area contributed by atoms with Crippen molar-refractivity contribution in [3.63, 3.8) is 0 Å². The minimum absolute atomic E-state index is 0.0237. The summed E-state index contributed by atoms with van der Waals surface area (Å²) in [5.41, 5.74) is 0. The number of aromatic nitrogens is 4. The summed E-state index contributed by atoms with van der Waals surface area (Å²) in [5, 5.41) is 4.03. The lowest BCUT2D eigenvalue weighted by atomic mass is 9.96. The monoisotopic (exact) mass is 342 g/mol. The van der Waals surface area contributed by atoms with Crippen molar-refractivity contribution in [1.82, 2.24) is 25.0 Å². The summed E-state index contributed by atoms with van der Waals surface area (Å²) in [5.74, 6) is 2.18. The average molecular weight is 342 g/mol. The van der Waals surface area contributed by atoms with Crippen LogP contribution in [0.15, 0.2) is 23.1 Å². The minimum Gasteiger partial charge on any atom is -0.355 e. The number of nitrogens with zero attached hydrogens (tertiary/aromatic N) is 6. The Morgan fingerprint density at radius 3 is 2.88 bits per heavy atom. The quantitative estimate of drug-likeness (QED) is 0.839. The second-order valence-electron chi connectivity index (χ2n) is 6.71. The predicted molar refractivity (Wildman–Crippen MR) is 89.7 cm³/mol. The van der Waals surface area contributed by atoms with Gasteiger partial charge in [-0.3, -0.25) is 9.78 Å². The van der Waals surface area contributed by atoms with E-state index in [0.717, 1.165) is 44.6 Å². The molecule has 0 aromatic carbocycles. The van der Waals surface area contributed by atoms with E-state index < -0.39 is 0 Å². The number of hydrogen-bond acceptors (Lipinski definition) is 7. The molecule has 8 nitrogen and oxygen atoms in total. The van der Waals surface area contributed by atoms with Gasteiger partial charge in [-0.1, -0.05) is 5.16 Å². The molecule has 0 spiro atoms. The first kappa shape index (κ1) is 16.0. The van der Waals surface area contributed by atoms with Gasteiger partial charge in [0.05, 0.1) is 18.2 Å². The largest absolute Gasteiger partial charge is 0.355 e. The molecule has 0 radical (unpaired) electrons. The van der Waals surface area contributed by atoms with Gasteiger partial charge in [0.1, 0.15) is 5.82 Å². The Kier molecular flexibility index (Phi) is 4.33. The Morgan fingerprint density at radius 2 is 2.12 bits per heavy atom. The highest BCUT2D eigenvalue weighted by molar-refractivity contribution is 5.80. The first-order valence-electron chi connectivity index (χ1n) is 8.84. The molecule has 2 saturated heterocycles. The van der Waals surface area contributed by atoms with Crippen LogP contribution in [0.3, 0.4) is 0 Å². The van der Waals surface area contributed by atoms with E-state index >= 15 is 0 Å². The Morgan fingerprint density at radius 1 is 1.24 bits per heavy atom. The standard InChI is InChI=1S/C17H22N6O2/c1-12-20-16(21-25-12)14-5-3-9-23(14)17(24)13-4-2-8-22(11-13)15-10-18-6-7-19-15/h6-7,10,13-14H,2-5,8-9,11H2,1H3/t13-,14-/m0/s1. The molecule has 2 atom stereocenters. The summed E-state index contributed by atoms with van der Waals surface area (Å²) >= 11 is 0. The topological polar surface area (TPSA) is 88.3 Å². The molecule has 0 N–H and O–H groups in total. The van der Waals surface area contributed by atoms with Gasteiger partial charge >= 0.3 is 0 Å². The Labute approximate surface area is 146 Å². The van der Waals surface area contributed by atoms with Gasteiger partial charge in [0.15, 0.2) is 5.82 Å². The smallest absolute Gasteiger partial charge is 0.228 e. The number of anilines is 1. The van der Waals surface area contributed by atoms with Crippen molar-refractivity contribution in [2.75, 3.05) is 24.5 Å². The van der Waals surface area contributed by atoms with E-state index in [-0.39, 0.29) is 17.9 Å². The first-order valence-corrected chi connectivity index (χ1v) is 8.84. The molecule has 0 unspecified atom stereocenters. The zero-order valence-electron chi connectivity index (χ0n) is 14.3. The zero-order valence-corrected chi connectivity index (χ0v) is 14.3. The van der Waals surface area contributed by atoms with Gasteiger partial charge in [-0.25, -0.2) is 4.98 Å². The molecular weight excluding hydrogens is 320 g/mol. The van der Waals surface area contributed by atoms with Crippen LogP contribution in [-0.4, -0.2) is 50.5 Å². The van der Waals surface area contributed by atoms with Crippen molar-refractivity contribution in [2.45, 2.75) is 38.6 Å². The van der Waals surface area contributed by atoms with Gasteiger partial charge in [0.25, 0.3) is 0 Å². The third-order valence-electron chi connectivity index (χ3n) is 5.02. The normalized spacial score (nSPS) is 23.9. The highest BCUT2D eigenvalue weighted by Crippen LogP contribution is 2.33. The molecule has 2 aromatic heterocycles. The summed E-state index contributed by atoms with van der Waals surface area (Å²) in [4.78, 5) is 30.1. The van der Waals surface area contributed by atoms with Crippen LogP contribution >= 0.6 is 0 Å². The number of carbonyl (C=O) groups is 1. The summed E-state index contributed by atoms with van der Waals surface area (Å²) in [6.07, 6.45) is 8.87. The molecule has 0 aliphatic carbocycles. The lowest BCUT2D eigenvalue weighted by molar-refractivity contribution is -0.137. The average Bonchev–Trinajstić information content (AvgIpc) is 3.30. The number of piperidine rings is 1. The summed E-state index contributed by atoms with van der Waals surface area (Å²) in [6, 6.07) is -0.0585. The number of aryl methyl sites for hydroxylation is 1. The third kappa shape index (κ3) is 3.20. The second kappa shape index (κ2) is 6.78. The number of hydrogen-bond donors (Lipinski definition) is 0. The van der Waals surface area contributed by atoms with E-state index in [1.54, 1.807) is 25.5 Å². The SMILES string of the molecule is Cc1nc([C@@H]2CCCN2C(=O)[C@H]2CCCN(c3cnccn3)C2)no1. The Bertz CT molecular complexity index is 734. The van der Waals surface area contributed by atoms with Crippen molar-refractivity contribution in [2.24, 2.45) is 5.92 Å². The van der Waals surface area contributed by atoms with Crippen LogP contribution in [0.25, 0.3) is 0 Å². The molecule has 2 fully saturated rings. The number of rotatable bonds is 3. The molecule has 2 aromatic rings. The molecule has 1 amide bonds. The molecule has 8 heteroatoms. The molecule has 0 saturated carbocycles. The third-order valence-corrected chi connectivity index (χ3v) is 5.02. The van der Waals surface area contributed by atoms with Gasteiger partial charge in [-0.15, -0.1) is 0 Å². The second-order valence-corrected chi connectivity index (χ2v) is 6.71. The van der Waals surface area contributed by atoms with Crippen LogP contribution in [0.4, 0.5) is 5.82 Å². The summed E-state index contributed by atoms with van der Waals surface area (Å²) in [7, 11) is 0. The van der Waals surface area contributed by atoms with Crippen LogP contribution in [0.5, 0.6) is 0 Å². The van der Waals surface area contributed by atoms with Crippen LogP contribution in [0, 0.1) is 12.8 Å². The minimum atomic E-state index is -0.0585. The van der Waals surface area contributed by atoms with Gasteiger partial charge < -0.3 is 14.3 Å². The highest BCUT2D eigenvalue weighted by atomic mass is 16.5. The molecule has 2 aliphatic rings. The fourth-order valence-corrected chi connectivity index (χ4v) is 3.83. The Hall–Kier alpha value is -2.51. The van der Waals surface area contributed by atoms with Crippen molar-refractivity contribution in [3.05, 3.63) is 30.3 Å². The maximum absolute atomic E-state index is 13.1. The van der Waals surface area contributed by atoms with E-state index in [4.69, 9.17) is 4.52 Å². The van der Waals surface area contributed by atoms with Gasteiger partial charge in [-0.2, -0.15) is 4.98 Å². The van der Waals surface area contributed by atoms with Gasteiger partial charge in [0.2, 0.25) is 11.8 Å². The Balaban J connectivity index is 1.48. The fourth-order valence-electron chi connectivity index (χ4n) is 3.83. The van der Waals surface area contributed by atoms with E-state index in [9.17, 15) is 4.79 Å². The van der Waals surface area contributed by atoms with Crippen LogP contribution in [0.2, 0.25) is 0 Å². The molecule has 4 rings (SSSR count). The van der Waals surface area contributed by atoms with Crippen LogP contribution < -0.4 is 4.90 Å². The van der Waals surface area contributed by atoms with E-state index in [2.05, 4.69) is 25.0 Å². The van der Waals surface area contributed by atoms with Crippen molar-refractivity contribution >= 4 is 11.7 Å². The van der Waals surface area contributed by atoms with E-state index in [1.165, 1.54) is 0 Å². The molecule has 2 aliphatic heterocycles. The van der Waals surface area contributed by atoms with Crippen LogP contribution in [0.1, 0.15) is 43.4 Å².